The van der Waals surface area contributed by atoms with Crippen LogP contribution in [0.15, 0.2) is 24.3 Å². The summed E-state index contributed by atoms with van der Waals surface area (Å²) in [5.41, 5.74) is 2.50. The zero-order valence-corrected chi connectivity index (χ0v) is 12.5. The van der Waals surface area contributed by atoms with Crippen LogP contribution in [0.3, 0.4) is 0 Å². The maximum absolute atomic E-state index is 9.48. The summed E-state index contributed by atoms with van der Waals surface area (Å²) in [5, 5.41) is 12.9. The molecule has 0 saturated carbocycles. The Kier molecular flexibility index (Phi) is 6.76. The Morgan fingerprint density at radius 3 is 2.78 bits per heavy atom. The number of thioether (sulfide) groups is 1. The third-order valence-electron chi connectivity index (χ3n) is 2.92. The van der Waals surface area contributed by atoms with Crippen molar-refractivity contribution >= 4 is 11.8 Å². The number of benzene rings is 1. The van der Waals surface area contributed by atoms with E-state index < -0.39 is 0 Å². The predicted molar refractivity (Wildman–Crippen MR) is 81.1 cm³/mol. The smallest absolute Gasteiger partial charge is 0.0618 e. The van der Waals surface area contributed by atoms with Crippen LogP contribution < -0.4 is 5.32 Å². The Bertz CT molecular complexity index is 356. The van der Waals surface area contributed by atoms with Crippen LogP contribution in [-0.4, -0.2) is 29.5 Å². The average Bonchev–Trinajstić information content (AvgIpc) is 2.36. The topological polar surface area (TPSA) is 32.3 Å². The summed E-state index contributed by atoms with van der Waals surface area (Å²) in [4.78, 5) is 0. The lowest BCUT2D eigenvalue weighted by atomic mass is 10.1. The molecule has 2 N–H and O–H groups in total. The van der Waals surface area contributed by atoms with Gasteiger partial charge in [0.05, 0.1) is 6.61 Å². The molecule has 0 aliphatic rings. The maximum Gasteiger partial charge on any atom is 0.0618 e. The van der Waals surface area contributed by atoms with Gasteiger partial charge in [-0.2, -0.15) is 11.8 Å². The van der Waals surface area contributed by atoms with Crippen LogP contribution in [0, 0.1) is 6.92 Å². The minimum absolute atomic E-state index is 0.162. The van der Waals surface area contributed by atoms with Crippen molar-refractivity contribution in [3.05, 3.63) is 35.4 Å². The Labute approximate surface area is 115 Å². The predicted octanol–water partition coefficient (Wildman–Crippen LogP) is 2.98. The van der Waals surface area contributed by atoms with Gasteiger partial charge in [0.15, 0.2) is 0 Å². The normalized spacial score (nSPS) is 14.4. The molecule has 18 heavy (non-hydrogen) atoms. The van der Waals surface area contributed by atoms with Gasteiger partial charge >= 0.3 is 0 Å². The highest BCUT2D eigenvalue weighted by atomic mass is 32.2. The molecule has 0 aliphatic heterocycles. The second kappa shape index (κ2) is 7.82. The Balaban J connectivity index is 2.39. The quantitative estimate of drug-likeness (QED) is 0.759. The second-order valence-electron chi connectivity index (χ2n) is 5.13. The number of nitrogens with one attached hydrogen (secondary N) is 1. The lowest BCUT2D eigenvalue weighted by Gasteiger charge is -2.28. The maximum atomic E-state index is 9.48. The van der Waals surface area contributed by atoms with Crippen molar-refractivity contribution in [2.24, 2.45) is 0 Å². The number of hydrogen-bond acceptors (Lipinski definition) is 3. The van der Waals surface area contributed by atoms with Crippen molar-refractivity contribution in [3.8, 4) is 0 Å². The molecule has 0 aliphatic carbocycles. The number of rotatable bonds is 8. The number of aliphatic hydroxyl groups excluding tert-OH is 1. The van der Waals surface area contributed by atoms with Gasteiger partial charge in [0.2, 0.25) is 0 Å². The van der Waals surface area contributed by atoms with Crippen molar-refractivity contribution in [2.45, 2.75) is 38.5 Å². The molecule has 0 heterocycles. The summed E-state index contributed by atoms with van der Waals surface area (Å²) in [6.45, 7) is 7.50. The molecule has 3 heteroatoms. The van der Waals surface area contributed by atoms with E-state index >= 15 is 0 Å². The van der Waals surface area contributed by atoms with E-state index in [0.717, 1.165) is 24.5 Å². The molecule has 0 aromatic heterocycles. The van der Waals surface area contributed by atoms with Crippen LogP contribution in [0.1, 0.15) is 31.4 Å². The zero-order valence-electron chi connectivity index (χ0n) is 11.7. The van der Waals surface area contributed by atoms with Gasteiger partial charge in [-0.1, -0.05) is 36.8 Å². The molecule has 0 saturated heterocycles. The lowest BCUT2D eigenvalue weighted by Crippen LogP contribution is -2.48. The van der Waals surface area contributed by atoms with Crippen molar-refractivity contribution in [1.29, 1.82) is 0 Å². The lowest BCUT2D eigenvalue weighted by molar-refractivity contribution is 0.192. The van der Waals surface area contributed by atoms with Crippen LogP contribution in [-0.2, 0) is 5.75 Å². The summed E-state index contributed by atoms with van der Waals surface area (Å²) in [7, 11) is 0. The fourth-order valence-electron chi connectivity index (χ4n) is 1.78. The molecule has 0 bridgehead atoms. The van der Waals surface area contributed by atoms with E-state index in [-0.39, 0.29) is 12.1 Å². The van der Waals surface area contributed by atoms with Gasteiger partial charge in [0, 0.05) is 17.0 Å². The van der Waals surface area contributed by atoms with E-state index in [1.165, 1.54) is 11.1 Å². The van der Waals surface area contributed by atoms with Crippen molar-refractivity contribution in [1.82, 2.24) is 5.32 Å². The van der Waals surface area contributed by atoms with Crippen LogP contribution in [0.4, 0.5) is 0 Å². The van der Waals surface area contributed by atoms with Gasteiger partial charge in [-0.05, 0) is 32.4 Å². The molecule has 102 valence electrons. The first-order chi connectivity index (χ1) is 8.59. The van der Waals surface area contributed by atoms with Crippen LogP contribution in [0.2, 0.25) is 0 Å². The molecule has 1 aromatic rings. The van der Waals surface area contributed by atoms with E-state index in [9.17, 15) is 5.11 Å². The van der Waals surface area contributed by atoms with E-state index in [1.54, 1.807) is 0 Å². The molecular weight excluding hydrogens is 242 g/mol. The third-order valence-corrected chi connectivity index (χ3v) is 4.30. The van der Waals surface area contributed by atoms with Crippen LogP contribution in [0.5, 0.6) is 0 Å². The summed E-state index contributed by atoms with van der Waals surface area (Å²) >= 11 is 1.87. The minimum Gasteiger partial charge on any atom is -0.394 e. The standard InChI is InChI=1S/C15H25NOS/c1-4-8-16-15(3,11-17)12-18-10-14-7-5-6-13(2)9-14/h5-7,9,16-17H,4,8,10-12H2,1-3H3. The number of aliphatic hydroxyl groups is 1. The van der Waals surface area contributed by atoms with Gasteiger partial charge in [-0.15, -0.1) is 0 Å². The molecule has 0 radical (unpaired) electrons. The molecular formula is C15H25NOS. The second-order valence-corrected chi connectivity index (χ2v) is 6.11. The highest BCUT2D eigenvalue weighted by molar-refractivity contribution is 7.98. The molecule has 1 rings (SSSR count). The Hall–Kier alpha value is -0.510. The molecule has 0 amide bonds. The van der Waals surface area contributed by atoms with E-state index in [2.05, 4.69) is 50.4 Å². The SMILES string of the molecule is CCCNC(C)(CO)CSCc1cccc(C)c1. The van der Waals surface area contributed by atoms with Gasteiger partial charge in [-0.3, -0.25) is 0 Å². The Morgan fingerprint density at radius 1 is 1.39 bits per heavy atom. The number of aryl methyl sites for hydroxylation is 1. The van der Waals surface area contributed by atoms with Gasteiger partial charge in [-0.25, -0.2) is 0 Å². The molecule has 1 unspecified atom stereocenters. The fourth-order valence-corrected chi connectivity index (χ4v) is 2.94. The molecule has 1 atom stereocenters. The minimum atomic E-state index is -0.162. The van der Waals surface area contributed by atoms with E-state index in [0.29, 0.717) is 0 Å². The van der Waals surface area contributed by atoms with E-state index in [4.69, 9.17) is 0 Å². The highest BCUT2D eigenvalue weighted by Gasteiger charge is 2.21. The summed E-state index contributed by atoms with van der Waals surface area (Å²) in [6, 6.07) is 8.61. The molecule has 0 spiro atoms. The van der Waals surface area contributed by atoms with Crippen molar-refractivity contribution < 1.29 is 5.11 Å². The first kappa shape index (κ1) is 15.5. The van der Waals surface area contributed by atoms with Gasteiger partial charge in [0.1, 0.15) is 0 Å². The summed E-state index contributed by atoms with van der Waals surface area (Å²) < 4.78 is 0. The van der Waals surface area contributed by atoms with Crippen molar-refractivity contribution in [2.75, 3.05) is 18.9 Å². The first-order valence-corrected chi connectivity index (χ1v) is 7.74. The summed E-state index contributed by atoms with van der Waals surface area (Å²) in [6.07, 6.45) is 1.10. The number of hydrogen-bond donors (Lipinski definition) is 2. The van der Waals surface area contributed by atoms with Crippen molar-refractivity contribution in [3.63, 3.8) is 0 Å². The summed E-state index contributed by atoms with van der Waals surface area (Å²) in [5.74, 6) is 1.93. The average molecular weight is 267 g/mol. The van der Waals surface area contributed by atoms with Gasteiger partial charge < -0.3 is 10.4 Å². The largest absolute Gasteiger partial charge is 0.394 e. The first-order valence-electron chi connectivity index (χ1n) is 6.59. The van der Waals surface area contributed by atoms with Gasteiger partial charge in [0.25, 0.3) is 0 Å². The van der Waals surface area contributed by atoms with Crippen LogP contribution in [0.25, 0.3) is 0 Å². The third kappa shape index (κ3) is 5.42. The molecule has 0 fully saturated rings. The highest BCUT2D eigenvalue weighted by Crippen LogP contribution is 2.18. The zero-order chi connectivity index (χ0) is 13.4. The monoisotopic (exact) mass is 267 g/mol. The van der Waals surface area contributed by atoms with Crippen LogP contribution >= 0.6 is 11.8 Å². The molecule has 1 aromatic carbocycles. The fraction of sp³-hybridized carbons (Fsp3) is 0.600. The van der Waals surface area contributed by atoms with E-state index in [1.807, 2.05) is 11.8 Å². The Morgan fingerprint density at radius 2 is 2.17 bits per heavy atom. The molecule has 2 nitrogen and oxygen atoms in total.